The second-order valence-corrected chi connectivity index (χ2v) is 8.27. The number of carbonyl (C=O) groups is 2. The van der Waals surface area contributed by atoms with Crippen LogP contribution in [0.25, 0.3) is 5.65 Å². The molecule has 1 aliphatic rings. The van der Waals surface area contributed by atoms with E-state index in [0.29, 0.717) is 37.4 Å². The lowest BCUT2D eigenvalue weighted by Gasteiger charge is -2.24. The number of pyridine rings is 1. The van der Waals surface area contributed by atoms with Gasteiger partial charge in [0.1, 0.15) is 23.1 Å². The number of nitrogens with zero attached hydrogens (tertiary/aromatic N) is 3. The summed E-state index contributed by atoms with van der Waals surface area (Å²) in [7, 11) is 0. The number of carbonyl (C=O) groups excluding carboxylic acids is 2. The van der Waals surface area contributed by atoms with E-state index < -0.39 is 5.60 Å². The van der Waals surface area contributed by atoms with Gasteiger partial charge in [0.05, 0.1) is 6.54 Å². The monoisotopic (exact) mass is 422 g/mol. The molecule has 1 aliphatic heterocycles. The topological polar surface area (TPSA) is 96.2 Å². The van der Waals surface area contributed by atoms with Gasteiger partial charge in [-0.1, -0.05) is 0 Å². The van der Waals surface area contributed by atoms with Crippen molar-refractivity contribution in [2.24, 2.45) is 0 Å². The van der Waals surface area contributed by atoms with Gasteiger partial charge in [0.2, 0.25) is 0 Å². The number of aliphatic hydroxyl groups is 1. The van der Waals surface area contributed by atoms with Crippen LogP contribution in [0.3, 0.4) is 0 Å². The summed E-state index contributed by atoms with van der Waals surface area (Å²) in [6, 6.07) is 10.8. The van der Waals surface area contributed by atoms with Gasteiger partial charge in [-0.3, -0.25) is 9.59 Å². The van der Waals surface area contributed by atoms with E-state index in [1.165, 1.54) is 13.8 Å². The molecule has 1 atom stereocenters. The van der Waals surface area contributed by atoms with E-state index in [4.69, 9.17) is 4.74 Å². The van der Waals surface area contributed by atoms with Gasteiger partial charge < -0.3 is 24.5 Å². The van der Waals surface area contributed by atoms with Crippen LogP contribution in [0.2, 0.25) is 0 Å². The summed E-state index contributed by atoms with van der Waals surface area (Å²) in [5, 5.41) is 12.8. The summed E-state index contributed by atoms with van der Waals surface area (Å²) < 4.78 is 7.86. The van der Waals surface area contributed by atoms with E-state index in [1.807, 2.05) is 28.9 Å². The molecule has 8 nitrogen and oxygen atoms in total. The zero-order valence-electron chi connectivity index (χ0n) is 17.6. The summed E-state index contributed by atoms with van der Waals surface area (Å²) in [5.74, 6) is 0.180. The quantitative estimate of drug-likeness (QED) is 0.634. The minimum Gasteiger partial charge on any atom is -0.489 e. The SMILES string of the molecule is CC(C)(O)C(=O)N1CC[C@H](Oc2ccc(C(=O)NCc3ccn4ccnc4c3)cc2)C1. The average Bonchev–Trinajstić information content (AvgIpc) is 3.40. The molecule has 3 aromatic rings. The van der Waals surface area contributed by atoms with Crippen LogP contribution in [-0.4, -0.2) is 56.0 Å². The van der Waals surface area contributed by atoms with Gasteiger partial charge in [-0.2, -0.15) is 0 Å². The highest BCUT2D eigenvalue weighted by Crippen LogP contribution is 2.21. The van der Waals surface area contributed by atoms with Crippen molar-refractivity contribution >= 4 is 17.5 Å². The minimum atomic E-state index is -1.38. The Morgan fingerprint density at radius 3 is 2.74 bits per heavy atom. The molecular formula is C23H26N4O4. The van der Waals surface area contributed by atoms with E-state index in [2.05, 4.69) is 10.3 Å². The molecule has 2 amide bonds. The first-order valence-corrected chi connectivity index (χ1v) is 10.3. The van der Waals surface area contributed by atoms with Crippen LogP contribution < -0.4 is 10.1 Å². The minimum absolute atomic E-state index is 0.136. The molecule has 0 saturated carbocycles. The van der Waals surface area contributed by atoms with E-state index in [-0.39, 0.29) is 17.9 Å². The van der Waals surface area contributed by atoms with Crippen molar-refractivity contribution in [3.05, 3.63) is 66.1 Å². The molecule has 0 aliphatic carbocycles. The number of imidazole rings is 1. The standard InChI is InChI=1S/C23H26N4O4/c1-23(2,30)22(29)27-11-8-19(15-27)31-18-5-3-17(4-6-18)21(28)25-14-16-7-10-26-12-9-24-20(26)13-16/h3-7,9-10,12-13,19,30H,8,11,14-15H2,1-2H3,(H,25,28)/t19-/m0/s1. The number of hydrogen-bond acceptors (Lipinski definition) is 5. The summed E-state index contributed by atoms with van der Waals surface area (Å²) >= 11 is 0. The predicted molar refractivity (Wildman–Crippen MR) is 115 cm³/mol. The fraction of sp³-hybridized carbons (Fsp3) is 0.348. The van der Waals surface area contributed by atoms with Gasteiger partial charge in [0, 0.05) is 43.7 Å². The number of nitrogens with one attached hydrogen (secondary N) is 1. The molecule has 2 aromatic heterocycles. The molecule has 1 aromatic carbocycles. The number of hydrogen-bond donors (Lipinski definition) is 2. The average molecular weight is 422 g/mol. The van der Waals surface area contributed by atoms with Gasteiger partial charge >= 0.3 is 0 Å². The number of benzene rings is 1. The highest BCUT2D eigenvalue weighted by atomic mass is 16.5. The summed E-state index contributed by atoms with van der Waals surface area (Å²) in [6.07, 6.45) is 6.08. The van der Waals surface area contributed by atoms with E-state index in [0.717, 1.165) is 11.2 Å². The summed E-state index contributed by atoms with van der Waals surface area (Å²) in [4.78, 5) is 30.5. The first-order chi connectivity index (χ1) is 14.8. The maximum atomic E-state index is 12.5. The predicted octanol–water partition coefficient (Wildman–Crippen LogP) is 2.01. The third-order valence-electron chi connectivity index (χ3n) is 5.29. The summed E-state index contributed by atoms with van der Waals surface area (Å²) in [5.41, 5.74) is 0.967. The Hall–Kier alpha value is -3.39. The molecule has 1 saturated heterocycles. The third-order valence-corrected chi connectivity index (χ3v) is 5.29. The summed E-state index contributed by atoms with van der Waals surface area (Å²) in [6.45, 7) is 4.38. The third kappa shape index (κ3) is 4.86. The second-order valence-electron chi connectivity index (χ2n) is 8.27. The van der Waals surface area contributed by atoms with Crippen LogP contribution in [0, 0.1) is 0 Å². The highest BCUT2D eigenvalue weighted by Gasteiger charge is 2.35. The van der Waals surface area contributed by atoms with Gasteiger partial charge in [0.25, 0.3) is 11.8 Å². The number of aromatic nitrogens is 2. The molecule has 31 heavy (non-hydrogen) atoms. The molecule has 0 unspecified atom stereocenters. The Morgan fingerprint density at radius 1 is 1.23 bits per heavy atom. The Bertz CT molecular complexity index is 1080. The maximum Gasteiger partial charge on any atom is 0.254 e. The Balaban J connectivity index is 1.29. The number of rotatable bonds is 6. The van der Waals surface area contributed by atoms with Crippen LogP contribution in [0.5, 0.6) is 5.75 Å². The lowest BCUT2D eigenvalue weighted by Crippen LogP contribution is -2.44. The zero-order valence-corrected chi connectivity index (χ0v) is 17.6. The molecule has 3 heterocycles. The van der Waals surface area contributed by atoms with Crippen molar-refractivity contribution in [2.75, 3.05) is 13.1 Å². The van der Waals surface area contributed by atoms with Crippen LogP contribution >= 0.6 is 0 Å². The normalized spacial score (nSPS) is 16.5. The molecule has 0 bridgehead atoms. The Morgan fingerprint density at radius 2 is 2.00 bits per heavy atom. The zero-order chi connectivity index (χ0) is 22.0. The number of amides is 2. The van der Waals surface area contributed by atoms with Gasteiger partial charge in [-0.15, -0.1) is 0 Å². The van der Waals surface area contributed by atoms with Crippen molar-refractivity contribution in [1.82, 2.24) is 19.6 Å². The molecule has 2 N–H and O–H groups in total. The highest BCUT2D eigenvalue weighted by molar-refractivity contribution is 5.94. The fourth-order valence-corrected chi connectivity index (χ4v) is 3.62. The Kier molecular flexibility index (Phi) is 5.65. The van der Waals surface area contributed by atoms with Crippen molar-refractivity contribution in [2.45, 2.75) is 38.5 Å². The molecule has 162 valence electrons. The van der Waals surface area contributed by atoms with Crippen LogP contribution in [0.15, 0.2) is 55.0 Å². The van der Waals surface area contributed by atoms with Crippen LogP contribution in [-0.2, 0) is 11.3 Å². The smallest absolute Gasteiger partial charge is 0.254 e. The lowest BCUT2D eigenvalue weighted by molar-refractivity contribution is -0.146. The largest absolute Gasteiger partial charge is 0.489 e. The Labute approximate surface area is 180 Å². The molecule has 0 radical (unpaired) electrons. The van der Waals surface area contributed by atoms with Crippen molar-refractivity contribution in [1.29, 1.82) is 0 Å². The number of ether oxygens (including phenoxy) is 1. The van der Waals surface area contributed by atoms with Crippen molar-refractivity contribution in [3.63, 3.8) is 0 Å². The molecular weight excluding hydrogens is 396 g/mol. The first kappa shape index (κ1) is 20.9. The molecule has 8 heteroatoms. The van der Waals surface area contributed by atoms with E-state index >= 15 is 0 Å². The van der Waals surface area contributed by atoms with Gasteiger partial charge in [-0.25, -0.2) is 4.98 Å². The number of fused-ring (bicyclic) bond motifs is 1. The van der Waals surface area contributed by atoms with E-state index in [9.17, 15) is 14.7 Å². The molecule has 4 rings (SSSR count). The van der Waals surface area contributed by atoms with Crippen LogP contribution in [0.1, 0.15) is 36.2 Å². The van der Waals surface area contributed by atoms with Gasteiger partial charge in [-0.05, 0) is 55.8 Å². The van der Waals surface area contributed by atoms with Crippen molar-refractivity contribution in [3.8, 4) is 5.75 Å². The lowest BCUT2D eigenvalue weighted by atomic mass is 10.1. The first-order valence-electron chi connectivity index (χ1n) is 10.3. The molecule has 1 fully saturated rings. The number of likely N-dealkylation sites (tertiary alicyclic amines) is 1. The van der Waals surface area contributed by atoms with E-state index in [1.54, 1.807) is 35.4 Å². The fourth-order valence-electron chi connectivity index (χ4n) is 3.62. The molecule has 0 spiro atoms. The van der Waals surface area contributed by atoms with Crippen molar-refractivity contribution < 1.29 is 19.4 Å². The second kappa shape index (κ2) is 8.39. The van der Waals surface area contributed by atoms with Gasteiger partial charge in [0.15, 0.2) is 0 Å². The maximum absolute atomic E-state index is 12.5. The van der Waals surface area contributed by atoms with Crippen LogP contribution in [0.4, 0.5) is 0 Å².